The molecule has 1 aliphatic rings. The molecule has 38 heavy (non-hydrogen) atoms. The van der Waals surface area contributed by atoms with Gasteiger partial charge in [0.2, 0.25) is 0 Å². The zero-order valence-electron chi connectivity index (χ0n) is 23.1. The molecule has 0 atom stereocenters. The number of nitrogens with one attached hydrogen (secondary N) is 1. The lowest BCUT2D eigenvalue weighted by molar-refractivity contribution is -0.0429. The molecular formula is C29H35ClFN5OSi. The van der Waals surface area contributed by atoms with Crippen molar-refractivity contribution in [3.8, 4) is 33.6 Å². The third kappa shape index (κ3) is 4.63. The van der Waals surface area contributed by atoms with E-state index in [0.29, 0.717) is 21.8 Å². The van der Waals surface area contributed by atoms with Gasteiger partial charge in [0.15, 0.2) is 8.32 Å². The fourth-order valence-electron chi connectivity index (χ4n) is 5.29. The van der Waals surface area contributed by atoms with E-state index in [-0.39, 0.29) is 22.5 Å². The molecule has 3 heterocycles. The Hall–Kier alpha value is -2.81. The summed E-state index contributed by atoms with van der Waals surface area (Å²) in [5.74, 6) is -0.388. The van der Waals surface area contributed by atoms with E-state index in [1.165, 1.54) is 12.4 Å². The standard InChI is InChI=1S/C29H35ClFN5OSi/c1-18-20(16-35-36(18)19-13-29(5,14-19)37-38(6,7)28(2,3)4)27-26(24-11-12-32-17-34-24)21(15-33-27)25-22(30)9-8-10-23(25)31/h8-12,15-17,19,33H,13-14H2,1-7H3. The second-order valence-electron chi connectivity index (χ2n) is 12.1. The Morgan fingerprint density at radius 2 is 1.89 bits per heavy atom. The van der Waals surface area contributed by atoms with E-state index >= 15 is 0 Å². The lowest BCUT2D eigenvalue weighted by Crippen LogP contribution is -2.54. The van der Waals surface area contributed by atoms with Gasteiger partial charge < -0.3 is 9.41 Å². The van der Waals surface area contributed by atoms with Gasteiger partial charge >= 0.3 is 0 Å². The molecule has 6 nitrogen and oxygen atoms in total. The van der Waals surface area contributed by atoms with Crippen molar-refractivity contribution in [2.24, 2.45) is 0 Å². The lowest BCUT2D eigenvalue weighted by atomic mass is 9.77. The van der Waals surface area contributed by atoms with Crippen LogP contribution in [0.2, 0.25) is 23.2 Å². The molecule has 3 aromatic heterocycles. The summed E-state index contributed by atoms with van der Waals surface area (Å²) in [7, 11) is -1.87. The van der Waals surface area contributed by atoms with Crippen molar-refractivity contribution in [1.82, 2.24) is 24.7 Å². The first-order chi connectivity index (χ1) is 17.8. The van der Waals surface area contributed by atoms with Crippen LogP contribution in [0.4, 0.5) is 4.39 Å². The highest BCUT2D eigenvalue weighted by Crippen LogP contribution is 2.50. The zero-order chi connectivity index (χ0) is 27.5. The van der Waals surface area contributed by atoms with Crippen molar-refractivity contribution >= 4 is 19.9 Å². The summed E-state index contributed by atoms with van der Waals surface area (Å²) >= 11 is 6.47. The summed E-state index contributed by atoms with van der Waals surface area (Å²) in [6.07, 6.45) is 8.68. The van der Waals surface area contributed by atoms with Crippen molar-refractivity contribution < 1.29 is 8.82 Å². The van der Waals surface area contributed by atoms with Crippen molar-refractivity contribution in [1.29, 1.82) is 0 Å². The van der Waals surface area contributed by atoms with Crippen molar-refractivity contribution in [2.75, 3.05) is 0 Å². The molecule has 0 aliphatic heterocycles. The van der Waals surface area contributed by atoms with Gasteiger partial charge in [-0.2, -0.15) is 5.10 Å². The normalized spacial score (nSPS) is 20.0. The Morgan fingerprint density at radius 1 is 1.16 bits per heavy atom. The minimum Gasteiger partial charge on any atom is -0.411 e. The Kier molecular flexibility index (Phi) is 6.65. The quantitative estimate of drug-likeness (QED) is 0.245. The highest BCUT2D eigenvalue weighted by Gasteiger charge is 2.49. The lowest BCUT2D eigenvalue weighted by Gasteiger charge is -2.52. The molecule has 0 radical (unpaired) electrons. The molecule has 1 aromatic carbocycles. The molecule has 5 rings (SSSR count). The van der Waals surface area contributed by atoms with Crippen LogP contribution in [0.1, 0.15) is 52.3 Å². The number of aromatic nitrogens is 5. The summed E-state index contributed by atoms with van der Waals surface area (Å²) in [6, 6.07) is 6.80. The maximum Gasteiger partial charge on any atom is 0.192 e. The van der Waals surface area contributed by atoms with E-state index in [9.17, 15) is 4.39 Å². The molecule has 4 aromatic rings. The fraction of sp³-hybridized carbons (Fsp3) is 0.414. The van der Waals surface area contributed by atoms with E-state index < -0.39 is 8.32 Å². The number of aromatic amines is 1. The molecule has 0 bridgehead atoms. The van der Waals surface area contributed by atoms with Gasteiger partial charge in [-0.3, -0.25) is 4.68 Å². The summed E-state index contributed by atoms with van der Waals surface area (Å²) < 4.78 is 23.9. The summed E-state index contributed by atoms with van der Waals surface area (Å²) in [5.41, 5.74) is 5.09. The molecular weight excluding hydrogens is 517 g/mol. The van der Waals surface area contributed by atoms with Gasteiger partial charge in [-0.15, -0.1) is 0 Å². The zero-order valence-corrected chi connectivity index (χ0v) is 24.8. The molecule has 200 valence electrons. The van der Waals surface area contributed by atoms with Crippen LogP contribution >= 0.6 is 11.6 Å². The second kappa shape index (κ2) is 9.43. The first-order valence-corrected chi connectivity index (χ1v) is 16.3. The van der Waals surface area contributed by atoms with Gasteiger partial charge in [0.05, 0.1) is 34.3 Å². The molecule has 1 saturated carbocycles. The van der Waals surface area contributed by atoms with Crippen LogP contribution < -0.4 is 0 Å². The Balaban J connectivity index is 1.50. The third-order valence-electron chi connectivity index (χ3n) is 8.25. The minimum atomic E-state index is -1.87. The number of nitrogens with zero attached hydrogens (tertiary/aromatic N) is 4. The number of H-pyrrole nitrogens is 1. The first-order valence-electron chi connectivity index (χ1n) is 13.0. The smallest absolute Gasteiger partial charge is 0.192 e. The Morgan fingerprint density at radius 3 is 2.53 bits per heavy atom. The predicted octanol–water partition coefficient (Wildman–Crippen LogP) is 8.22. The van der Waals surface area contributed by atoms with Gasteiger partial charge in [-0.05, 0) is 63.0 Å². The van der Waals surface area contributed by atoms with Crippen LogP contribution in [0.5, 0.6) is 0 Å². The number of halogens is 2. The van der Waals surface area contributed by atoms with Gasteiger partial charge in [-0.1, -0.05) is 38.4 Å². The maximum atomic E-state index is 15.0. The minimum absolute atomic E-state index is 0.139. The first kappa shape index (κ1) is 26.8. The monoisotopic (exact) mass is 551 g/mol. The topological polar surface area (TPSA) is 68.6 Å². The van der Waals surface area contributed by atoms with Crippen molar-refractivity contribution in [3.05, 3.63) is 65.7 Å². The number of hydrogen-bond donors (Lipinski definition) is 1. The van der Waals surface area contributed by atoms with Gasteiger partial charge in [-0.25, -0.2) is 14.4 Å². The molecule has 0 spiro atoms. The number of hydrogen-bond acceptors (Lipinski definition) is 4. The van der Waals surface area contributed by atoms with Crippen LogP contribution in [0.25, 0.3) is 33.6 Å². The van der Waals surface area contributed by atoms with Crippen LogP contribution in [0.3, 0.4) is 0 Å². The molecule has 0 saturated heterocycles. The van der Waals surface area contributed by atoms with Crippen LogP contribution in [-0.2, 0) is 4.43 Å². The van der Waals surface area contributed by atoms with E-state index in [1.807, 2.05) is 12.3 Å². The fourth-order valence-corrected chi connectivity index (χ4v) is 7.26. The maximum absolute atomic E-state index is 15.0. The van der Waals surface area contributed by atoms with E-state index in [2.05, 4.69) is 67.3 Å². The summed E-state index contributed by atoms with van der Waals surface area (Å²) in [4.78, 5) is 11.9. The average molecular weight is 552 g/mol. The summed E-state index contributed by atoms with van der Waals surface area (Å²) in [5, 5.41) is 5.30. The van der Waals surface area contributed by atoms with Gasteiger partial charge in [0.1, 0.15) is 12.1 Å². The van der Waals surface area contributed by atoms with E-state index in [0.717, 1.165) is 35.4 Å². The van der Waals surface area contributed by atoms with Crippen molar-refractivity contribution in [3.63, 3.8) is 0 Å². The second-order valence-corrected chi connectivity index (χ2v) is 17.2. The molecule has 0 amide bonds. The van der Waals surface area contributed by atoms with Gasteiger partial charge in [0, 0.05) is 40.3 Å². The third-order valence-corrected chi connectivity index (χ3v) is 13.2. The molecule has 1 N–H and O–H groups in total. The Labute approximate surface area is 229 Å². The summed E-state index contributed by atoms with van der Waals surface area (Å²) in [6.45, 7) is 15.7. The largest absolute Gasteiger partial charge is 0.411 e. The number of rotatable bonds is 6. The van der Waals surface area contributed by atoms with Crippen LogP contribution in [0.15, 0.2) is 49.2 Å². The van der Waals surface area contributed by atoms with E-state index in [1.54, 1.807) is 24.5 Å². The van der Waals surface area contributed by atoms with E-state index in [4.69, 9.17) is 21.1 Å². The van der Waals surface area contributed by atoms with Crippen LogP contribution in [0, 0.1) is 12.7 Å². The molecule has 1 fully saturated rings. The van der Waals surface area contributed by atoms with Crippen molar-refractivity contribution in [2.45, 2.75) is 77.2 Å². The molecule has 9 heteroatoms. The average Bonchev–Trinajstić information content (AvgIpc) is 3.40. The molecule has 1 aliphatic carbocycles. The molecule has 0 unspecified atom stereocenters. The van der Waals surface area contributed by atoms with Gasteiger partial charge in [0.25, 0.3) is 0 Å². The SMILES string of the molecule is Cc1c(-c2[nH]cc(-c3c(F)cccc3Cl)c2-c2ccncn2)cnn1C1CC(C)(O[Si](C)(C)C(C)(C)C)C1. The number of benzene rings is 1. The van der Waals surface area contributed by atoms with Crippen LogP contribution in [-0.4, -0.2) is 38.7 Å². The Bertz CT molecular complexity index is 1450. The predicted molar refractivity (Wildman–Crippen MR) is 153 cm³/mol. The highest BCUT2D eigenvalue weighted by molar-refractivity contribution is 6.74. The highest BCUT2D eigenvalue weighted by atomic mass is 35.5.